The van der Waals surface area contributed by atoms with Gasteiger partial charge in [0.1, 0.15) is 11.2 Å². The quantitative estimate of drug-likeness (QED) is 0.652. The van der Waals surface area contributed by atoms with Crippen LogP contribution in [0.4, 0.5) is 5.69 Å². The number of hydrogen-bond donors (Lipinski definition) is 1. The smallest absolute Gasteiger partial charge is 0.285 e. The van der Waals surface area contributed by atoms with E-state index in [-0.39, 0.29) is 4.90 Å². The first-order valence-corrected chi connectivity index (χ1v) is 7.57. The lowest BCUT2D eigenvalue weighted by molar-refractivity contribution is 0.158. The van der Waals surface area contributed by atoms with Crippen LogP contribution in [0.2, 0.25) is 0 Å². The van der Waals surface area contributed by atoms with Crippen molar-refractivity contribution < 1.29 is 13.2 Å². The van der Waals surface area contributed by atoms with E-state index in [9.17, 15) is 8.42 Å². The van der Waals surface area contributed by atoms with Crippen LogP contribution in [0.5, 0.6) is 0 Å². The lowest BCUT2D eigenvalue weighted by atomic mass is 10.3. The van der Waals surface area contributed by atoms with Gasteiger partial charge < -0.3 is 9.64 Å². The highest BCUT2D eigenvalue weighted by Gasteiger charge is 2.24. The second-order valence-corrected chi connectivity index (χ2v) is 5.74. The molecule has 1 aliphatic heterocycles. The maximum absolute atomic E-state index is 11.7. The van der Waals surface area contributed by atoms with Crippen molar-refractivity contribution in [2.45, 2.75) is 4.90 Å². The average Bonchev–Trinajstić information content (AvgIpc) is 2.37. The first kappa shape index (κ1) is 13.4. The Kier molecular flexibility index (Phi) is 4.26. The zero-order chi connectivity index (χ0) is 13.0. The predicted octanol–water partition coefficient (Wildman–Crippen LogP) is 1.17. The molecular formula is C11H14N2O3S2. The van der Waals surface area contributed by atoms with Crippen LogP contribution < -0.4 is 4.90 Å². The third-order valence-corrected chi connectivity index (χ3v) is 3.95. The highest BCUT2D eigenvalue weighted by Crippen LogP contribution is 2.28. The maximum Gasteiger partial charge on any atom is 0.285 e. The molecule has 1 heterocycles. The number of ether oxygens (including phenoxy) is 1. The van der Waals surface area contributed by atoms with E-state index in [1.54, 1.807) is 29.2 Å². The normalized spacial score (nSPS) is 16.6. The SMILES string of the molecule is O=S1(=O)N=CN(CCOCCS)c2ccccc21. The van der Waals surface area contributed by atoms with E-state index in [0.717, 1.165) is 0 Å². The molecule has 98 valence electrons. The van der Waals surface area contributed by atoms with Crippen molar-refractivity contribution >= 4 is 34.7 Å². The summed E-state index contributed by atoms with van der Waals surface area (Å²) in [6, 6.07) is 6.81. The first-order valence-electron chi connectivity index (χ1n) is 5.50. The summed E-state index contributed by atoms with van der Waals surface area (Å²) in [4.78, 5) is 2.01. The molecule has 18 heavy (non-hydrogen) atoms. The van der Waals surface area contributed by atoms with Gasteiger partial charge in [0, 0.05) is 12.3 Å². The van der Waals surface area contributed by atoms with Crippen LogP contribution in [-0.2, 0) is 14.8 Å². The second kappa shape index (κ2) is 5.73. The van der Waals surface area contributed by atoms with Crippen LogP contribution in [0.15, 0.2) is 33.6 Å². The molecule has 0 atom stereocenters. The number of thiol groups is 1. The Hall–Kier alpha value is -1.05. The molecule has 5 nitrogen and oxygen atoms in total. The first-order chi connectivity index (χ1) is 8.65. The summed E-state index contributed by atoms with van der Waals surface area (Å²) in [5.74, 6) is 0.666. The van der Waals surface area contributed by atoms with Crippen LogP contribution in [0.1, 0.15) is 0 Å². The molecule has 1 aliphatic rings. The van der Waals surface area contributed by atoms with Gasteiger partial charge in [0.15, 0.2) is 0 Å². The highest BCUT2D eigenvalue weighted by atomic mass is 32.2. The fourth-order valence-electron chi connectivity index (χ4n) is 1.66. The third-order valence-electron chi connectivity index (χ3n) is 2.49. The van der Waals surface area contributed by atoms with Gasteiger partial charge in [0.05, 0.1) is 18.9 Å². The van der Waals surface area contributed by atoms with Crippen molar-refractivity contribution in [1.82, 2.24) is 0 Å². The zero-order valence-corrected chi connectivity index (χ0v) is 11.4. The highest BCUT2D eigenvalue weighted by molar-refractivity contribution is 7.90. The number of rotatable bonds is 5. The Bertz CT molecular complexity index is 543. The third kappa shape index (κ3) is 2.85. The van der Waals surface area contributed by atoms with Crippen LogP contribution in [0.3, 0.4) is 0 Å². The average molecular weight is 286 g/mol. The van der Waals surface area contributed by atoms with Crippen LogP contribution in [0.25, 0.3) is 0 Å². The Balaban J connectivity index is 2.15. The Morgan fingerprint density at radius 2 is 2.06 bits per heavy atom. The molecule has 0 N–H and O–H groups in total. The lowest BCUT2D eigenvalue weighted by Gasteiger charge is -2.24. The molecule has 1 aromatic rings. The van der Waals surface area contributed by atoms with Gasteiger partial charge in [-0.05, 0) is 12.1 Å². The van der Waals surface area contributed by atoms with Gasteiger partial charge in [-0.2, -0.15) is 21.0 Å². The molecule has 0 fully saturated rings. The van der Waals surface area contributed by atoms with Crippen molar-refractivity contribution in [2.24, 2.45) is 4.40 Å². The summed E-state index contributed by atoms with van der Waals surface area (Å²) in [5, 5.41) is 0. The Morgan fingerprint density at radius 1 is 1.28 bits per heavy atom. The van der Waals surface area contributed by atoms with E-state index in [1.807, 2.05) is 0 Å². The molecule has 0 saturated carbocycles. The predicted molar refractivity (Wildman–Crippen MR) is 74.1 cm³/mol. The van der Waals surface area contributed by atoms with Crippen LogP contribution >= 0.6 is 12.6 Å². The van der Waals surface area contributed by atoms with Gasteiger partial charge in [-0.1, -0.05) is 12.1 Å². The van der Waals surface area contributed by atoms with Crippen molar-refractivity contribution in [3.8, 4) is 0 Å². The topological polar surface area (TPSA) is 59.0 Å². The molecule has 0 aliphatic carbocycles. The van der Waals surface area contributed by atoms with E-state index in [0.29, 0.717) is 31.2 Å². The summed E-state index contributed by atoms with van der Waals surface area (Å²) in [5.41, 5.74) is 0.641. The van der Waals surface area contributed by atoms with Crippen molar-refractivity contribution in [3.05, 3.63) is 24.3 Å². The second-order valence-electron chi connectivity index (χ2n) is 3.69. The van der Waals surface area contributed by atoms with Gasteiger partial charge in [0.25, 0.3) is 10.0 Å². The van der Waals surface area contributed by atoms with Gasteiger partial charge in [-0.25, -0.2) is 0 Å². The summed E-state index contributed by atoms with van der Waals surface area (Å²) < 4.78 is 32.4. The summed E-state index contributed by atoms with van der Waals surface area (Å²) >= 11 is 4.04. The number of hydrogen-bond acceptors (Lipinski definition) is 5. The molecule has 1 aromatic carbocycles. The number of nitrogens with zero attached hydrogens (tertiary/aromatic N) is 2. The number of fused-ring (bicyclic) bond motifs is 1. The lowest BCUT2D eigenvalue weighted by Crippen LogP contribution is -2.30. The summed E-state index contributed by atoms with van der Waals surface area (Å²) in [7, 11) is -3.54. The summed E-state index contributed by atoms with van der Waals surface area (Å²) in [6.07, 6.45) is 1.34. The van der Waals surface area contributed by atoms with Gasteiger partial charge in [-0.3, -0.25) is 0 Å². The summed E-state index contributed by atoms with van der Waals surface area (Å²) in [6.45, 7) is 1.64. The molecule has 2 rings (SSSR count). The Morgan fingerprint density at radius 3 is 2.83 bits per heavy atom. The molecule has 0 unspecified atom stereocenters. The molecule has 0 bridgehead atoms. The fourth-order valence-corrected chi connectivity index (χ4v) is 2.84. The van der Waals surface area contributed by atoms with E-state index in [1.165, 1.54) is 6.34 Å². The van der Waals surface area contributed by atoms with E-state index < -0.39 is 10.0 Å². The van der Waals surface area contributed by atoms with Gasteiger partial charge >= 0.3 is 0 Å². The Labute approximate surface area is 112 Å². The number of sulfonamides is 1. The molecule has 0 amide bonds. The molecule has 0 aromatic heterocycles. The minimum absolute atomic E-state index is 0.238. The van der Waals surface area contributed by atoms with Crippen LogP contribution in [-0.4, -0.2) is 40.3 Å². The largest absolute Gasteiger partial charge is 0.379 e. The molecule has 0 saturated heterocycles. The molecule has 7 heteroatoms. The maximum atomic E-state index is 11.7. The molecule has 0 radical (unpaired) electrons. The van der Waals surface area contributed by atoms with E-state index in [4.69, 9.17) is 4.74 Å². The number of para-hydroxylation sites is 1. The van der Waals surface area contributed by atoms with Gasteiger partial charge in [-0.15, -0.1) is 4.40 Å². The van der Waals surface area contributed by atoms with Crippen molar-refractivity contribution in [3.63, 3.8) is 0 Å². The molecule has 0 spiro atoms. The molecular weight excluding hydrogens is 272 g/mol. The number of benzene rings is 1. The van der Waals surface area contributed by atoms with Crippen molar-refractivity contribution in [1.29, 1.82) is 0 Å². The monoisotopic (exact) mass is 286 g/mol. The standard InChI is InChI=1S/C11H14N2O3S2/c14-18(15)11-4-2-1-3-10(11)13(9-12-18)5-6-16-7-8-17/h1-4,9,17H,5-8H2. The van der Waals surface area contributed by atoms with Crippen LogP contribution in [0, 0.1) is 0 Å². The fraction of sp³-hybridized carbons (Fsp3) is 0.364. The number of anilines is 1. The minimum atomic E-state index is -3.54. The van der Waals surface area contributed by atoms with E-state index >= 15 is 0 Å². The van der Waals surface area contributed by atoms with E-state index in [2.05, 4.69) is 17.0 Å². The van der Waals surface area contributed by atoms with Gasteiger partial charge in [0.2, 0.25) is 0 Å². The minimum Gasteiger partial charge on any atom is -0.379 e. The zero-order valence-electron chi connectivity index (χ0n) is 9.69. The van der Waals surface area contributed by atoms with Crippen molar-refractivity contribution in [2.75, 3.05) is 30.4 Å².